The van der Waals surface area contributed by atoms with Crippen molar-refractivity contribution >= 4 is 25.7 Å². The third-order valence-corrected chi connectivity index (χ3v) is 18.2. The Balaban J connectivity index is 1.17. The van der Waals surface area contributed by atoms with Gasteiger partial charge in [0.05, 0.1) is 40.6 Å². The van der Waals surface area contributed by atoms with E-state index in [1.807, 2.05) is 21.1 Å². The summed E-state index contributed by atoms with van der Waals surface area (Å²) in [4.78, 5) is 49.3. The lowest BCUT2D eigenvalue weighted by molar-refractivity contribution is -0.870. The smallest absolute Gasteiger partial charge is 0.462 e. The number of carbonyl (C=O) groups is 3. The van der Waals surface area contributed by atoms with Crippen molar-refractivity contribution in [3.63, 3.8) is 0 Å². The Labute approximate surface area is 421 Å². The van der Waals surface area contributed by atoms with Gasteiger partial charge in [0.25, 0.3) is 0 Å². The first-order valence-electron chi connectivity index (χ1n) is 28.4. The fraction of sp³-hybridized carbons (Fsp3) is 0.912. The van der Waals surface area contributed by atoms with Gasteiger partial charge in [-0.15, -0.1) is 0 Å². The molecular formula is C57H103NO10P+. The number of fused-ring (bicyclic) bond motifs is 5. The average Bonchev–Trinajstić information content (AvgIpc) is 3.64. The van der Waals surface area contributed by atoms with Gasteiger partial charge in [-0.3, -0.25) is 23.4 Å². The van der Waals surface area contributed by atoms with Crippen molar-refractivity contribution in [1.29, 1.82) is 0 Å². The third-order valence-electron chi connectivity index (χ3n) is 17.2. The Morgan fingerprint density at radius 3 is 1.97 bits per heavy atom. The molecule has 400 valence electrons. The maximum absolute atomic E-state index is 13.1. The van der Waals surface area contributed by atoms with E-state index in [0.29, 0.717) is 28.8 Å². The lowest BCUT2D eigenvalue weighted by Gasteiger charge is -2.58. The predicted octanol–water partition coefficient (Wildman–Crippen LogP) is 14.3. The van der Waals surface area contributed by atoms with Crippen LogP contribution in [0.2, 0.25) is 0 Å². The molecule has 0 spiro atoms. The normalized spacial score (nSPS) is 27.3. The number of phosphoric acid groups is 1. The summed E-state index contributed by atoms with van der Waals surface area (Å²) in [5, 5.41) is 0. The number of unbranched alkanes of at least 4 members (excludes halogenated alkanes) is 14. The molecule has 10 atom stereocenters. The zero-order valence-corrected chi connectivity index (χ0v) is 46.4. The number of hydrogen-bond acceptors (Lipinski definition) is 9. The van der Waals surface area contributed by atoms with Gasteiger partial charge in [0.15, 0.2) is 6.10 Å². The highest BCUT2D eigenvalue weighted by Gasteiger charge is 2.59. The second-order valence-electron chi connectivity index (χ2n) is 24.3. The van der Waals surface area contributed by atoms with Crippen molar-refractivity contribution in [3.8, 4) is 0 Å². The number of carbonyl (C=O) groups excluding carboxylic acids is 3. The van der Waals surface area contributed by atoms with E-state index in [4.69, 9.17) is 23.3 Å². The number of ether oxygens (including phenoxy) is 3. The number of quaternary nitrogens is 1. The van der Waals surface area contributed by atoms with Gasteiger partial charge in [0.1, 0.15) is 25.9 Å². The van der Waals surface area contributed by atoms with E-state index in [0.717, 1.165) is 74.5 Å². The van der Waals surface area contributed by atoms with Gasteiger partial charge >= 0.3 is 25.7 Å². The Bertz CT molecular complexity index is 1610. The van der Waals surface area contributed by atoms with Crippen molar-refractivity contribution < 1.29 is 51.6 Å². The van der Waals surface area contributed by atoms with Gasteiger partial charge in [0, 0.05) is 12.8 Å². The highest BCUT2D eigenvalue weighted by atomic mass is 31.2. The number of nitrogens with zero attached hydrogens (tertiary/aromatic N) is 1. The van der Waals surface area contributed by atoms with Gasteiger partial charge < -0.3 is 23.6 Å². The maximum atomic E-state index is 13.1. The van der Waals surface area contributed by atoms with E-state index in [-0.39, 0.29) is 44.0 Å². The molecule has 0 aromatic heterocycles. The zero-order valence-electron chi connectivity index (χ0n) is 45.5. The molecule has 1 N–H and O–H groups in total. The summed E-state index contributed by atoms with van der Waals surface area (Å²) in [6, 6.07) is 0. The van der Waals surface area contributed by atoms with Crippen LogP contribution in [0.5, 0.6) is 0 Å². The largest absolute Gasteiger partial charge is 0.472 e. The third kappa shape index (κ3) is 20.6. The second kappa shape index (κ2) is 29.8. The minimum atomic E-state index is -4.47. The Kier molecular flexibility index (Phi) is 25.8. The number of hydrogen-bond donors (Lipinski definition) is 1. The molecule has 3 saturated carbocycles. The van der Waals surface area contributed by atoms with E-state index in [2.05, 4.69) is 47.6 Å². The van der Waals surface area contributed by atoms with E-state index >= 15 is 0 Å². The van der Waals surface area contributed by atoms with Crippen LogP contribution < -0.4 is 0 Å². The number of allylic oxidation sites excluding steroid dienone is 1. The minimum absolute atomic E-state index is 0.0105. The molecule has 4 rings (SSSR count). The first kappa shape index (κ1) is 59.8. The molecule has 12 heteroatoms. The molecule has 0 aliphatic heterocycles. The summed E-state index contributed by atoms with van der Waals surface area (Å²) >= 11 is 0. The first-order valence-corrected chi connectivity index (χ1v) is 29.9. The number of esters is 3. The Morgan fingerprint density at radius 2 is 1.35 bits per heavy atom. The molecule has 0 radical (unpaired) electrons. The summed E-state index contributed by atoms with van der Waals surface area (Å²) in [7, 11) is 1.34. The minimum Gasteiger partial charge on any atom is -0.462 e. The lowest BCUT2D eigenvalue weighted by Crippen LogP contribution is -2.51. The molecule has 0 aromatic rings. The van der Waals surface area contributed by atoms with E-state index in [9.17, 15) is 23.8 Å². The number of likely N-dealkylation sites (N-methyl/N-ethyl adjacent to an activating group) is 1. The summed E-state index contributed by atoms with van der Waals surface area (Å²) in [6.07, 6.45) is 32.5. The zero-order chi connectivity index (χ0) is 50.5. The monoisotopic (exact) mass is 993 g/mol. The molecule has 3 unspecified atom stereocenters. The topological polar surface area (TPSA) is 135 Å². The van der Waals surface area contributed by atoms with Gasteiger partial charge in [-0.25, -0.2) is 4.57 Å². The van der Waals surface area contributed by atoms with Crippen LogP contribution in [0.15, 0.2) is 11.6 Å². The molecule has 4 aliphatic carbocycles. The maximum Gasteiger partial charge on any atom is 0.472 e. The Hall–Kier alpha value is -1.78. The number of rotatable bonds is 35. The van der Waals surface area contributed by atoms with Crippen LogP contribution in [-0.4, -0.2) is 87.0 Å². The van der Waals surface area contributed by atoms with Crippen LogP contribution in [0.3, 0.4) is 0 Å². The van der Waals surface area contributed by atoms with Crippen LogP contribution in [0.1, 0.15) is 228 Å². The van der Waals surface area contributed by atoms with Gasteiger partial charge in [-0.1, -0.05) is 162 Å². The first-order chi connectivity index (χ1) is 32.8. The van der Waals surface area contributed by atoms with Crippen LogP contribution >= 0.6 is 7.82 Å². The molecule has 69 heavy (non-hydrogen) atoms. The summed E-state index contributed by atoms with van der Waals surface area (Å²) < 4.78 is 40.6. The van der Waals surface area contributed by atoms with E-state index < -0.39 is 38.4 Å². The highest BCUT2D eigenvalue weighted by molar-refractivity contribution is 7.47. The fourth-order valence-corrected chi connectivity index (χ4v) is 13.8. The van der Waals surface area contributed by atoms with Crippen molar-refractivity contribution in [2.24, 2.45) is 46.3 Å². The highest BCUT2D eigenvalue weighted by Crippen LogP contribution is 2.67. The van der Waals surface area contributed by atoms with E-state index in [1.165, 1.54) is 121 Å². The molecule has 0 aromatic carbocycles. The van der Waals surface area contributed by atoms with Crippen LogP contribution in [0, 0.1) is 46.3 Å². The van der Waals surface area contributed by atoms with Gasteiger partial charge in [0.2, 0.25) is 0 Å². The molecule has 11 nitrogen and oxygen atoms in total. The van der Waals surface area contributed by atoms with Crippen molar-refractivity contribution in [2.75, 3.05) is 47.5 Å². The molecule has 0 heterocycles. The fourth-order valence-electron chi connectivity index (χ4n) is 13.1. The van der Waals surface area contributed by atoms with Crippen molar-refractivity contribution in [1.82, 2.24) is 0 Å². The SMILES string of the molecule is CCCCCCCCCCCCCCCCCC(=O)OC(COC(=O)CCC(=O)OC1CC[C@]2(C)C(=CC[C@@H]3[C@H]4CC[C@@H]([C@@H](C)CCCC(C)C)[C@]4(C)CC[C@H]32)C1)COP(=O)(O)OCC[N+](C)(C)C. The molecule has 0 saturated heterocycles. The molecule has 0 amide bonds. The van der Waals surface area contributed by atoms with Crippen LogP contribution in [-0.2, 0) is 42.2 Å². The van der Waals surface area contributed by atoms with Crippen molar-refractivity contribution in [2.45, 2.75) is 240 Å². The quantitative estimate of drug-likeness (QED) is 0.0163. The molecule has 4 aliphatic rings. The second-order valence-corrected chi connectivity index (χ2v) is 25.7. The summed E-state index contributed by atoms with van der Waals surface area (Å²) in [5.41, 5.74) is 2.05. The van der Waals surface area contributed by atoms with Gasteiger partial charge in [-0.05, 0) is 97.7 Å². The molecule has 0 bridgehead atoms. The molecule has 3 fully saturated rings. The standard InChI is InChI=1S/C57H102NO10P/c1-10-11-12-13-14-15-16-17-18-19-20-21-22-23-24-28-54(60)68-48(43-66-69(62,63)65-40-39-58(7,8)9)42-64-53(59)33-34-55(61)67-47-35-37-56(5)46(41-47)29-30-49-51-32-31-50(45(4)27-25-26-44(2)3)57(51,6)38-36-52(49)56/h29,44-45,47-52H,10-28,30-43H2,1-9H3/p+1/t45-,47?,48?,49+,50-,51+,52+,56+,57-/m0/s1. The van der Waals surface area contributed by atoms with Crippen LogP contribution in [0.4, 0.5) is 0 Å². The Morgan fingerprint density at radius 1 is 0.725 bits per heavy atom. The van der Waals surface area contributed by atoms with E-state index in [1.54, 1.807) is 0 Å². The summed E-state index contributed by atoms with van der Waals surface area (Å²) in [6.45, 7) is 14.2. The lowest BCUT2D eigenvalue weighted by atomic mass is 9.47. The predicted molar refractivity (Wildman–Crippen MR) is 277 cm³/mol. The van der Waals surface area contributed by atoms with Crippen LogP contribution in [0.25, 0.3) is 0 Å². The van der Waals surface area contributed by atoms with Crippen molar-refractivity contribution in [3.05, 3.63) is 11.6 Å². The van der Waals surface area contributed by atoms with Gasteiger partial charge in [-0.2, -0.15) is 0 Å². The number of phosphoric ester groups is 1. The summed E-state index contributed by atoms with van der Waals surface area (Å²) in [5.74, 6) is 3.06. The molecular weight excluding hydrogens is 890 g/mol. The average molecular weight is 993 g/mol.